The quantitative estimate of drug-likeness (QED) is 0.840. The van der Waals surface area contributed by atoms with Crippen LogP contribution in [0.25, 0.3) is 0 Å². The molecule has 1 saturated heterocycles. The van der Waals surface area contributed by atoms with E-state index in [0.717, 1.165) is 43.6 Å². The second-order valence-corrected chi connectivity index (χ2v) is 7.17. The molecule has 1 aliphatic rings. The number of anilines is 1. The van der Waals surface area contributed by atoms with Crippen molar-refractivity contribution in [1.29, 1.82) is 0 Å². The number of nitrogens with zero attached hydrogens (tertiary/aromatic N) is 1. The highest BCUT2D eigenvalue weighted by Gasteiger charge is 2.20. The fraction of sp³-hybridized carbons (Fsp3) is 0.647. The Morgan fingerprint density at radius 3 is 2.71 bits per heavy atom. The van der Waals surface area contributed by atoms with Crippen molar-refractivity contribution in [2.24, 2.45) is 5.92 Å². The summed E-state index contributed by atoms with van der Waals surface area (Å²) in [7, 11) is 2.21. The zero-order chi connectivity index (χ0) is 15.2. The molecule has 4 heteroatoms. The van der Waals surface area contributed by atoms with Gasteiger partial charge in [0.2, 0.25) is 0 Å². The lowest BCUT2D eigenvalue weighted by molar-refractivity contribution is 0.0854. The largest absolute Gasteiger partial charge is 0.381 e. The second-order valence-electron chi connectivity index (χ2n) is 6.25. The van der Waals surface area contributed by atoms with Crippen LogP contribution in [-0.2, 0) is 11.3 Å². The molecule has 0 bridgehead atoms. The van der Waals surface area contributed by atoms with Gasteiger partial charge in [-0.05, 0) is 49.1 Å². The molecule has 1 aromatic rings. The van der Waals surface area contributed by atoms with Crippen LogP contribution in [0.4, 0.5) is 5.69 Å². The Kier molecular flexibility index (Phi) is 6.52. The van der Waals surface area contributed by atoms with Gasteiger partial charge in [-0.3, -0.25) is 0 Å². The smallest absolute Gasteiger partial charge is 0.0485 e. The summed E-state index contributed by atoms with van der Waals surface area (Å²) in [6, 6.07) is 7.19. The van der Waals surface area contributed by atoms with E-state index in [4.69, 9.17) is 4.74 Å². The van der Waals surface area contributed by atoms with Gasteiger partial charge in [-0.15, -0.1) is 0 Å². The minimum absolute atomic E-state index is 0.587. The van der Waals surface area contributed by atoms with Gasteiger partial charge in [0, 0.05) is 43.0 Å². The number of ether oxygens (including phenoxy) is 1. The molecule has 3 nitrogen and oxygen atoms in total. The topological polar surface area (TPSA) is 24.5 Å². The monoisotopic (exact) mass is 354 g/mol. The summed E-state index contributed by atoms with van der Waals surface area (Å²) < 4.78 is 6.63. The van der Waals surface area contributed by atoms with Crippen LogP contribution in [-0.4, -0.2) is 32.8 Å². The molecule has 118 valence electrons. The highest BCUT2D eigenvalue weighted by atomic mass is 79.9. The zero-order valence-corrected chi connectivity index (χ0v) is 14.9. The molecule has 0 saturated carbocycles. The highest BCUT2D eigenvalue weighted by Crippen LogP contribution is 2.27. The third-order valence-electron chi connectivity index (χ3n) is 4.03. The van der Waals surface area contributed by atoms with E-state index in [-0.39, 0.29) is 0 Å². The predicted octanol–water partition coefficient (Wildman–Crippen LogP) is 3.81. The van der Waals surface area contributed by atoms with E-state index in [9.17, 15) is 0 Å². The van der Waals surface area contributed by atoms with Crippen molar-refractivity contribution >= 4 is 21.6 Å². The van der Waals surface area contributed by atoms with Crippen LogP contribution in [0.15, 0.2) is 22.7 Å². The van der Waals surface area contributed by atoms with Gasteiger partial charge in [0.1, 0.15) is 0 Å². The molecule has 1 aromatic carbocycles. The van der Waals surface area contributed by atoms with Crippen molar-refractivity contribution < 1.29 is 4.74 Å². The minimum Gasteiger partial charge on any atom is -0.381 e. The first kappa shape index (κ1) is 16.8. The first-order chi connectivity index (χ1) is 10.1. The van der Waals surface area contributed by atoms with E-state index in [1.807, 2.05) is 0 Å². The van der Waals surface area contributed by atoms with Crippen molar-refractivity contribution in [2.45, 2.75) is 39.3 Å². The Morgan fingerprint density at radius 1 is 1.33 bits per heavy atom. The molecule has 1 N–H and O–H groups in total. The van der Waals surface area contributed by atoms with Gasteiger partial charge in [-0.25, -0.2) is 0 Å². The maximum atomic E-state index is 5.48. The first-order valence-corrected chi connectivity index (χ1v) is 8.67. The molecule has 0 spiro atoms. The van der Waals surface area contributed by atoms with Gasteiger partial charge < -0.3 is 15.0 Å². The van der Waals surface area contributed by atoms with E-state index < -0.39 is 0 Å². The highest BCUT2D eigenvalue weighted by molar-refractivity contribution is 9.10. The Labute approximate surface area is 137 Å². The minimum atomic E-state index is 0.587. The van der Waals surface area contributed by atoms with Crippen molar-refractivity contribution in [3.8, 4) is 0 Å². The van der Waals surface area contributed by atoms with Gasteiger partial charge in [0.05, 0.1) is 0 Å². The number of halogens is 1. The van der Waals surface area contributed by atoms with E-state index in [1.165, 1.54) is 11.3 Å². The van der Waals surface area contributed by atoms with Crippen LogP contribution in [0.5, 0.6) is 0 Å². The van der Waals surface area contributed by atoms with Crippen LogP contribution in [0.2, 0.25) is 0 Å². The number of nitrogens with one attached hydrogen (secondary N) is 1. The van der Waals surface area contributed by atoms with Crippen LogP contribution >= 0.6 is 15.9 Å². The maximum absolute atomic E-state index is 5.48. The van der Waals surface area contributed by atoms with Crippen molar-refractivity contribution in [3.05, 3.63) is 28.2 Å². The van der Waals surface area contributed by atoms with Crippen molar-refractivity contribution in [2.75, 3.05) is 31.7 Å². The van der Waals surface area contributed by atoms with Gasteiger partial charge in [0.25, 0.3) is 0 Å². The summed E-state index contributed by atoms with van der Waals surface area (Å²) in [6.45, 7) is 8.21. The third-order valence-corrected chi connectivity index (χ3v) is 4.52. The molecule has 0 amide bonds. The molecule has 21 heavy (non-hydrogen) atoms. The average molecular weight is 355 g/mol. The number of benzene rings is 1. The van der Waals surface area contributed by atoms with E-state index in [0.29, 0.717) is 12.0 Å². The van der Waals surface area contributed by atoms with Crippen LogP contribution in [0.1, 0.15) is 32.3 Å². The van der Waals surface area contributed by atoms with Crippen LogP contribution < -0.4 is 10.2 Å². The van der Waals surface area contributed by atoms with Crippen molar-refractivity contribution in [1.82, 2.24) is 5.32 Å². The Morgan fingerprint density at radius 2 is 2.05 bits per heavy atom. The molecular weight excluding hydrogens is 328 g/mol. The van der Waals surface area contributed by atoms with E-state index >= 15 is 0 Å². The SMILES string of the molecule is CC(C)CNCc1cc(Br)ccc1N(C)C1CCOCC1. The van der Waals surface area contributed by atoms with Crippen molar-refractivity contribution in [3.63, 3.8) is 0 Å². The number of rotatable bonds is 6. The lowest BCUT2D eigenvalue weighted by Gasteiger charge is -2.34. The zero-order valence-electron chi connectivity index (χ0n) is 13.4. The van der Waals surface area contributed by atoms with Gasteiger partial charge in [-0.2, -0.15) is 0 Å². The summed E-state index contributed by atoms with van der Waals surface area (Å²) in [5.74, 6) is 0.675. The summed E-state index contributed by atoms with van der Waals surface area (Å²) in [5, 5.41) is 3.55. The average Bonchev–Trinajstić information content (AvgIpc) is 2.47. The molecule has 0 unspecified atom stereocenters. The summed E-state index contributed by atoms with van der Waals surface area (Å²) in [6.07, 6.45) is 2.23. The molecule has 0 aliphatic carbocycles. The van der Waals surface area contributed by atoms with E-state index in [1.54, 1.807) is 0 Å². The van der Waals surface area contributed by atoms with Crippen LogP contribution in [0.3, 0.4) is 0 Å². The number of hydrogen-bond donors (Lipinski definition) is 1. The molecule has 0 aromatic heterocycles. The standard InChI is InChI=1S/C17H27BrN2O/c1-13(2)11-19-12-14-10-15(18)4-5-17(14)20(3)16-6-8-21-9-7-16/h4-5,10,13,16,19H,6-9,11-12H2,1-3H3. The molecule has 1 heterocycles. The molecule has 0 radical (unpaired) electrons. The lowest BCUT2D eigenvalue weighted by Crippen LogP contribution is -2.37. The molecule has 2 rings (SSSR count). The first-order valence-electron chi connectivity index (χ1n) is 7.87. The molecule has 1 aliphatic heterocycles. The Hall–Kier alpha value is -0.580. The normalized spacial score (nSPS) is 16.4. The fourth-order valence-electron chi connectivity index (χ4n) is 2.80. The summed E-state index contributed by atoms with van der Waals surface area (Å²) in [5.41, 5.74) is 2.69. The van der Waals surface area contributed by atoms with Gasteiger partial charge >= 0.3 is 0 Å². The fourth-order valence-corrected chi connectivity index (χ4v) is 3.21. The molecular formula is C17H27BrN2O. The molecule has 1 fully saturated rings. The second kappa shape index (κ2) is 8.16. The van der Waals surface area contributed by atoms with E-state index in [2.05, 4.69) is 65.2 Å². The Bertz CT molecular complexity index is 444. The third kappa shape index (κ3) is 4.97. The van der Waals surface area contributed by atoms with Crippen LogP contribution in [0, 0.1) is 5.92 Å². The summed E-state index contributed by atoms with van der Waals surface area (Å²) >= 11 is 3.60. The van der Waals surface area contributed by atoms with Gasteiger partial charge in [0.15, 0.2) is 0 Å². The maximum Gasteiger partial charge on any atom is 0.0485 e. The summed E-state index contributed by atoms with van der Waals surface area (Å²) in [4.78, 5) is 2.43. The lowest BCUT2D eigenvalue weighted by atomic mass is 10.0. The van der Waals surface area contributed by atoms with Gasteiger partial charge in [-0.1, -0.05) is 29.8 Å². The molecule has 0 atom stereocenters. The Balaban J connectivity index is 2.09. The number of hydrogen-bond acceptors (Lipinski definition) is 3. The predicted molar refractivity (Wildman–Crippen MR) is 92.9 cm³/mol.